The Labute approximate surface area is 241 Å². The molecule has 0 aliphatic rings. The molecule has 0 aliphatic heterocycles. The molecule has 1 aromatic heterocycles. The van der Waals surface area contributed by atoms with E-state index in [1.807, 2.05) is 72.8 Å². The van der Waals surface area contributed by atoms with E-state index in [1.165, 1.54) is 0 Å². The topological polar surface area (TPSA) is 65.4 Å². The van der Waals surface area contributed by atoms with Crippen LogP contribution in [0.4, 0.5) is 0 Å². The lowest BCUT2D eigenvalue weighted by atomic mass is 10.0. The third-order valence-corrected chi connectivity index (χ3v) is 7.01. The Morgan fingerprint density at radius 2 is 1.63 bits per heavy atom. The number of hydrogen-bond donors (Lipinski definition) is 1. The van der Waals surface area contributed by atoms with Gasteiger partial charge in [0.05, 0.1) is 31.1 Å². The summed E-state index contributed by atoms with van der Waals surface area (Å²) in [4.78, 5) is 17.5. The summed E-state index contributed by atoms with van der Waals surface area (Å²) in [5.41, 5.74) is 6.39. The fraction of sp³-hybridized carbons (Fsp3) is 0.200. The number of benzene rings is 4. The van der Waals surface area contributed by atoms with Gasteiger partial charge >= 0.3 is 0 Å². The summed E-state index contributed by atoms with van der Waals surface area (Å²) in [5.74, 6) is 2.32. The van der Waals surface area contributed by atoms with E-state index in [4.69, 9.17) is 14.5 Å². The van der Waals surface area contributed by atoms with Crippen LogP contribution in [0.3, 0.4) is 0 Å². The van der Waals surface area contributed by atoms with Crippen LogP contribution in [0.1, 0.15) is 17.0 Å². The number of ether oxygens (including phenoxy) is 2. The van der Waals surface area contributed by atoms with Gasteiger partial charge in [0.15, 0.2) is 11.5 Å². The van der Waals surface area contributed by atoms with Crippen LogP contribution < -0.4 is 14.8 Å². The lowest BCUT2D eigenvalue weighted by molar-refractivity contribution is -0.120. The first kappa shape index (κ1) is 27.7. The lowest BCUT2D eigenvalue weighted by Gasteiger charge is -2.14. The summed E-state index contributed by atoms with van der Waals surface area (Å²) in [7, 11) is 1.65. The molecular weight excluding hydrogens is 510 g/mol. The van der Waals surface area contributed by atoms with Gasteiger partial charge in [0, 0.05) is 13.0 Å². The van der Waals surface area contributed by atoms with Crippen LogP contribution >= 0.6 is 0 Å². The molecule has 0 aliphatic carbocycles. The van der Waals surface area contributed by atoms with Gasteiger partial charge in [-0.15, -0.1) is 6.58 Å². The van der Waals surface area contributed by atoms with Gasteiger partial charge in [0.1, 0.15) is 12.4 Å². The Morgan fingerprint density at radius 3 is 2.41 bits per heavy atom. The summed E-state index contributed by atoms with van der Waals surface area (Å²) in [6.07, 6.45) is 3.60. The fourth-order valence-electron chi connectivity index (χ4n) is 4.94. The molecule has 0 spiro atoms. The zero-order chi connectivity index (χ0) is 28.4. The van der Waals surface area contributed by atoms with E-state index in [1.54, 1.807) is 7.11 Å². The maximum Gasteiger partial charge on any atom is 0.224 e. The second kappa shape index (κ2) is 13.5. The number of methoxy groups -OCH3 is 1. The van der Waals surface area contributed by atoms with Crippen LogP contribution in [-0.4, -0.2) is 35.7 Å². The SMILES string of the molecule is C=CCc1ccc(OCCn2c(CCNC(=O)Cc3ccc(-c4ccccc4)cc3)nc3ccccc32)c(OC)c1. The van der Waals surface area contributed by atoms with E-state index in [9.17, 15) is 4.79 Å². The van der Waals surface area contributed by atoms with Crippen LogP contribution in [0, 0.1) is 0 Å². The van der Waals surface area contributed by atoms with E-state index in [0.29, 0.717) is 44.0 Å². The van der Waals surface area contributed by atoms with E-state index in [-0.39, 0.29) is 5.91 Å². The molecule has 0 saturated heterocycles. The largest absolute Gasteiger partial charge is 0.493 e. The molecular formula is C35H35N3O3. The van der Waals surface area contributed by atoms with Crippen molar-refractivity contribution in [1.29, 1.82) is 0 Å². The Bertz CT molecular complexity index is 1610. The predicted molar refractivity (Wildman–Crippen MR) is 164 cm³/mol. The highest BCUT2D eigenvalue weighted by molar-refractivity contribution is 5.79. The van der Waals surface area contributed by atoms with Crippen molar-refractivity contribution >= 4 is 16.9 Å². The van der Waals surface area contributed by atoms with Crippen molar-refractivity contribution in [1.82, 2.24) is 14.9 Å². The minimum Gasteiger partial charge on any atom is -0.493 e. The monoisotopic (exact) mass is 545 g/mol. The van der Waals surface area contributed by atoms with Crippen LogP contribution in [0.2, 0.25) is 0 Å². The number of amides is 1. The molecule has 0 saturated carbocycles. The number of nitrogens with one attached hydrogen (secondary N) is 1. The smallest absolute Gasteiger partial charge is 0.224 e. The van der Waals surface area contributed by atoms with Crippen molar-refractivity contribution in [3.63, 3.8) is 0 Å². The number of hydrogen-bond acceptors (Lipinski definition) is 4. The summed E-state index contributed by atoms with van der Waals surface area (Å²) >= 11 is 0. The number of rotatable bonds is 13. The van der Waals surface area contributed by atoms with Gasteiger partial charge < -0.3 is 19.4 Å². The highest BCUT2D eigenvalue weighted by atomic mass is 16.5. The number of allylic oxidation sites excluding steroid dienone is 1. The molecule has 6 heteroatoms. The van der Waals surface area contributed by atoms with Gasteiger partial charge in [-0.25, -0.2) is 4.98 Å². The molecule has 0 unspecified atom stereocenters. The van der Waals surface area contributed by atoms with E-state index < -0.39 is 0 Å². The second-order valence-corrected chi connectivity index (χ2v) is 9.83. The number of carbonyl (C=O) groups excluding carboxylic acids is 1. The molecule has 0 bridgehead atoms. The first-order valence-electron chi connectivity index (χ1n) is 13.9. The fourth-order valence-corrected chi connectivity index (χ4v) is 4.94. The van der Waals surface area contributed by atoms with Crippen molar-refractivity contribution in [2.75, 3.05) is 20.3 Å². The predicted octanol–water partition coefficient (Wildman–Crippen LogP) is 6.42. The Kier molecular flexibility index (Phi) is 9.12. The third-order valence-electron chi connectivity index (χ3n) is 7.01. The molecule has 208 valence electrons. The summed E-state index contributed by atoms with van der Waals surface area (Å²) in [5, 5.41) is 3.06. The Balaban J connectivity index is 1.18. The number of para-hydroxylation sites is 2. The molecule has 1 amide bonds. The highest BCUT2D eigenvalue weighted by Gasteiger charge is 2.13. The van der Waals surface area contributed by atoms with E-state index in [0.717, 1.165) is 45.5 Å². The second-order valence-electron chi connectivity index (χ2n) is 9.83. The normalized spacial score (nSPS) is 10.9. The van der Waals surface area contributed by atoms with Crippen LogP contribution in [0.25, 0.3) is 22.2 Å². The van der Waals surface area contributed by atoms with Gasteiger partial charge in [-0.2, -0.15) is 0 Å². The average molecular weight is 546 g/mol. The summed E-state index contributed by atoms with van der Waals surface area (Å²) in [6.45, 7) is 5.38. The standard InChI is InChI=1S/C35H35N3O3/c1-3-9-26-16-19-32(33(24-26)40-2)41-23-22-38-31-13-8-7-12-30(31)37-34(38)20-21-36-35(39)25-27-14-17-29(18-15-27)28-10-5-4-6-11-28/h3-8,10-19,24H,1,9,20-23,25H2,2H3,(H,36,39). The van der Waals surface area contributed by atoms with Gasteiger partial charge in [-0.3, -0.25) is 4.79 Å². The average Bonchev–Trinajstić information content (AvgIpc) is 3.36. The van der Waals surface area contributed by atoms with Crippen molar-refractivity contribution in [3.8, 4) is 22.6 Å². The molecule has 0 radical (unpaired) electrons. The molecule has 5 rings (SSSR count). The van der Waals surface area contributed by atoms with Crippen molar-refractivity contribution < 1.29 is 14.3 Å². The maximum absolute atomic E-state index is 12.7. The van der Waals surface area contributed by atoms with E-state index >= 15 is 0 Å². The van der Waals surface area contributed by atoms with Crippen LogP contribution in [0.15, 0.2) is 110 Å². The highest BCUT2D eigenvalue weighted by Crippen LogP contribution is 2.28. The van der Waals surface area contributed by atoms with Crippen LogP contribution in [-0.2, 0) is 30.6 Å². The summed E-state index contributed by atoms with van der Waals surface area (Å²) < 4.78 is 13.8. The minimum absolute atomic E-state index is 0.00421. The molecule has 6 nitrogen and oxygen atoms in total. The van der Waals surface area contributed by atoms with Gasteiger partial charge in [0.2, 0.25) is 5.91 Å². The molecule has 4 aromatic carbocycles. The first-order valence-corrected chi connectivity index (χ1v) is 13.9. The molecule has 0 fully saturated rings. The number of fused-ring (bicyclic) bond motifs is 1. The molecule has 0 atom stereocenters. The van der Waals surface area contributed by atoms with Crippen molar-refractivity contribution in [2.24, 2.45) is 0 Å². The third kappa shape index (κ3) is 7.03. The summed E-state index contributed by atoms with van der Waals surface area (Å²) in [6, 6.07) is 32.4. The maximum atomic E-state index is 12.7. The minimum atomic E-state index is -0.00421. The van der Waals surface area contributed by atoms with E-state index in [2.05, 4.69) is 46.8 Å². The van der Waals surface area contributed by atoms with Crippen LogP contribution in [0.5, 0.6) is 11.5 Å². The number of imidazole rings is 1. The number of nitrogens with zero attached hydrogens (tertiary/aromatic N) is 2. The van der Waals surface area contributed by atoms with Gasteiger partial charge in [-0.1, -0.05) is 78.9 Å². The molecule has 1 N–H and O–H groups in total. The lowest BCUT2D eigenvalue weighted by Crippen LogP contribution is -2.28. The zero-order valence-corrected chi connectivity index (χ0v) is 23.4. The Hall–Kier alpha value is -4.84. The molecule has 1 heterocycles. The van der Waals surface area contributed by atoms with Crippen molar-refractivity contribution in [2.45, 2.75) is 25.8 Å². The molecule has 41 heavy (non-hydrogen) atoms. The van der Waals surface area contributed by atoms with Gasteiger partial charge in [-0.05, 0) is 52.9 Å². The zero-order valence-electron chi connectivity index (χ0n) is 23.4. The Morgan fingerprint density at radius 1 is 0.902 bits per heavy atom. The molecule has 5 aromatic rings. The first-order chi connectivity index (χ1) is 20.1. The van der Waals surface area contributed by atoms with Crippen molar-refractivity contribution in [3.05, 3.63) is 127 Å². The number of aromatic nitrogens is 2. The van der Waals surface area contributed by atoms with Gasteiger partial charge in [0.25, 0.3) is 0 Å². The number of carbonyl (C=O) groups is 1. The quantitative estimate of drug-likeness (QED) is 0.173.